The van der Waals surface area contributed by atoms with E-state index in [9.17, 15) is 4.39 Å². The zero-order chi connectivity index (χ0) is 12.5. The highest BCUT2D eigenvalue weighted by Crippen LogP contribution is 2.28. The number of rotatable bonds is 5. The fraction of sp³-hybridized carbons (Fsp3) is 0.600. The standard InChI is InChI=1S/C15H22FN/c1-11-10-12(4-7-14(11)16)15(2,3)8-9-17-13-5-6-13/h4,7,10,13,17H,5-6,8-9H2,1-3H3. The van der Waals surface area contributed by atoms with Crippen molar-refractivity contribution in [2.24, 2.45) is 0 Å². The predicted octanol–water partition coefficient (Wildman–Crippen LogP) is 3.55. The van der Waals surface area contributed by atoms with E-state index < -0.39 is 0 Å². The van der Waals surface area contributed by atoms with Crippen LogP contribution < -0.4 is 5.32 Å². The first kappa shape index (κ1) is 12.6. The van der Waals surface area contributed by atoms with Gasteiger partial charge in [-0.3, -0.25) is 0 Å². The highest BCUT2D eigenvalue weighted by Gasteiger charge is 2.24. The van der Waals surface area contributed by atoms with Crippen molar-refractivity contribution in [3.8, 4) is 0 Å². The first-order valence-electron chi connectivity index (χ1n) is 6.49. The Morgan fingerprint density at radius 3 is 2.65 bits per heavy atom. The van der Waals surface area contributed by atoms with Gasteiger partial charge in [-0.2, -0.15) is 0 Å². The minimum Gasteiger partial charge on any atom is -0.314 e. The Bertz CT molecular complexity index is 394. The second-order valence-electron chi connectivity index (χ2n) is 5.83. The van der Waals surface area contributed by atoms with Crippen molar-refractivity contribution in [3.63, 3.8) is 0 Å². The lowest BCUT2D eigenvalue weighted by atomic mass is 9.81. The lowest BCUT2D eigenvalue weighted by Gasteiger charge is -2.26. The molecule has 17 heavy (non-hydrogen) atoms. The van der Waals surface area contributed by atoms with Gasteiger partial charge in [0.15, 0.2) is 0 Å². The molecule has 0 aromatic heterocycles. The normalized spacial score (nSPS) is 16.2. The molecule has 2 heteroatoms. The number of hydrogen-bond acceptors (Lipinski definition) is 1. The fourth-order valence-electron chi connectivity index (χ4n) is 2.09. The van der Waals surface area contributed by atoms with Gasteiger partial charge in [0.2, 0.25) is 0 Å². The Labute approximate surface area is 103 Å². The molecule has 0 amide bonds. The number of nitrogens with one attached hydrogen (secondary N) is 1. The summed E-state index contributed by atoms with van der Waals surface area (Å²) in [5.41, 5.74) is 2.08. The van der Waals surface area contributed by atoms with Gasteiger partial charge in [-0.1, -0.05) is 26.0 Å². The quantitative estimate of drug-likeness (QED) is 0.823. The van der Waals surface area contributed by atoms with Crippen molar-refractivity contribution in [2.75, 3.05) is 6.54 Å². The van der Waals surface area contributed by atoms with E-state index in [-0.39, 0.29) is 11.2 Å². The molecule has 0 aliphatic heterocycles. The van der Waals surface area contributed by atoms with Crippen LogP contribution in [0.25, 0.3) is 0 Å². The third-order valence-electron chi connectivity index (χ3n) is 3.70. The first-order valence-corrected chi connectivity index (χ1v) is 6.49. The van der Waals surface area contributed by atoms with Crippen molar-refractivity contribution in [3.05, 3.63) is 35.1 Å². The van der Waals surface area contributed by atoms with Gasteiger partial charge in [-0.15, -0.1) is 0 Å². The van der Waals surface area contributed by atoms with E-state index in [0.717, 1.165) is 24.6 Å². The van der Waals surface area contributed by atoms with E-state index in [1.807, 2.05) is 19.1 Å². The molecule has 0 atom stereocenters. The van der Waals surface area contributed by atoms with E-state index >= 15 is 0 Å². The van der Waals surface area contributed by atoms with Crippen molar-refractivity contribution in [2.45, 2.75) is 51.5 Å². The second kappa shape index (κ2) is 4.77. The van der Waals surface area contributed by atoms with E-state index in [1.165, 1.54) is 18.4 Å². The topological polar surface area (TPSA) is 12.0 Å². The van der Waals surface area contributed by atoms with Crippen molar-refractivity contribution < 1.29 is 4.39 Å². The van der Waals surface area contributed by atoms with Gasteiger partial charge in [-0.05, 0) is 55.3 Å². The average molecular weight is 235 g/mol. The van der Waals surface area contributed by atoms with Gasteiger partial charge >= 0.3 is 0 Å². The average Bonchev–Trinajstić information content (AvgIpc) is 3.05. The molecule has 1 aliphatic carbocycles. The van der Waals surface area contributed by atoms with Crippen LogP contribution in [0.5, 0.6) is 0 Å². The van der Waals surface area contributed by atoms with Gasteiger partial charge in [0.05, 0.1) is 0 Å². The Hall–Kier alpha value is -0.890. The maximum Gasteiger partial charge on any atom is 0.126 e. The summed E-state index contributed by atoms with van der Waals surface area (Å²) in [4.78, 5) is 0. The SMILES string of the molecule is Cc1cc(C(C)(C)CCNC2CC2)ccc1F. The Kier molecular flexibility index (Phi) is 3.53. The molecular formula is C15H22FN. The summed E-state index contributed by atoms with van der Waals surface area (Å²) in [6.45, 7) is 7.34. The van der Waals surface area contributed by atoms with Crippen LogP contribution in [0.4, 0.5) is 4.39 Å². The summed E-state index contributed by atoms with van der Waals surface area (Å²) in [7, 11) is 0. The molecule has 1 aromatic rings. The highest BCUT2D eigenvalue weighted by molar-refractivity contribution is 5.29. The lowest BCUT2D eigenvalue weighted by molar-refractivity contribution is 0.455. The maximum absolute atomic E-state index is 13.2. The second-order valence-corrected chi connectivity index (χ2v) is 5.83. The highest BCUT2D eigenvalue weighted by atomic mass is 19.1. The molecule has 0 saturated heterocycles. The van der Waals surface area contributed by atoms with Crippen molar-refractivity contribution in [1.29, 1.82) is 0 Å². The van der Waals surface area contributed by atoms with Gasteiger partial charge in [0.1, 0.15) is 5.82 Å². The van der Waals surface area contributed by atoms with Crippen LogP contribution in [0.1, 0.15) is 44.2 Å². The summed E-state index contributed by atoms with van der Waals surface area (Å²) in [5, 5.41) is 3.53. The summed E-state index contributed by atoms with van der Waals surface area (Å²) in [5.74, 6) is -0.111. The van der Waals surface area contributed by atoms with E-state index in [4.69, 9.17) is 0 Å². The predicted molar refractivity (Wildman–Crippen MR) is 69.8 cm³/mol. The van der Waals surface area contributed by atoms with Crippen LogP contribution in [0.2, 0.25) is 0 Å². The van der Waals surface area contributed by atoms with Crippen LogP contribution in [-0.2, 0) is 5.41 Å². The molecule has 94 valence electrons. The minimum absolute atomic E-state index is 0.111. The molecule has 1 nitrogen and oxygen atoms in total. The molecule has 1 aromatic carbocycles. The number of benzene rings is 1. The van der Waals surface area contributed by atoms with Crippen molar-refractivity contribution in [1.82, 2.24) is 5.32 Å². The molecular weight excluding hydrogens is 213 g/mol. The molecule has 2 rings (SSSR count). The van der Waals surface area contributed by atoms with Gasteiger partial charge in [0, 0.05) is 6.04 Å². The molecule has 0 radical (unpaired) electrons. The lowest BCUT2D eigenvalue weighted by Crippen LogP contribution is -2.26. The molecule has 1 fully saturated rings. The molecule has 1 N–H and O–H groups in total. The Morgan fingerprint density at radius 2 is 2.06 bits per heavy atom. The largest absolute Gasteiger partial charge is 0.314 e. The van der Waals surface area contributed by atoms with Crippen LogP contribution in [-0.4, -0.2) is 12.6 Å². The van der Waals surface area contributed by atoms with Crippen LogP contribution in [0.3, 0.4) is 0 Å². The van der Waals surface area contributed by atoms with Crippen LogP contribution in [0, 0.1) is 12.7 Å². The summed E-state index contributed by atoms with van der Waals surface area (Å²) in [6, 6.07) is 6.24. The van der Waals surface area contributed by atoms with E-state index in [2.05, 4.69) is 19.2 Å². The summed E-state index contributed by atoms with van der Waals surface area (Å²) >= 11 is 0. The minimum atomic E-state index is -0.111. The van der Waals surface area contributed by atoms with E-state index in [0.29, 0.717) is 0 Å². The number of halogens is 1. The third kappa shape index (κ3) is 3.29. The maximum atomic E-state index is 13.2. The van der Waals surface area contributed by atoms with Crippen LogP contribution in [0.15, 0.2) is 18.2 Å². The molecule has 0 heterocycles. The zero-order valence-electron chi connectivity index (χ0n) is 11.0. The molecule has 1 saturated carbocycles. The van der Waals surface area contributed by atoms with Gasteiger partial charge in [-0.25, -0.2) is 4.39 Å². The Balaban J connectivity index is 1.98. The van der Waals surface area contributed by atoms with E-state index in [1.54, 1.807) is 6.07 Å². The Morgan fingerprint density at radius 1 is 1.35 bits per heavy atom. The van der Waals surface area contributed by atoms with Crippen molar-refractivity contribution >= 4 is 0 Å². The molecule has 1 aliphatic rings. The molecule has 0 spiro atoms. The first-order chi connectivity index (χ1) is 7.99. The monoisotopic (exact) mass is 235 g/mol. The number of hydrogen-bond donors (Lipinski definition) is 1. The smallest absolute Gasteiger partial charge is 0.126 e. The number of aryl methyl sites for hydroxylation is 1. The summed E-state index contributed by atoms with van der Waals surface area (Å²) in [6.07, 6.45) is 3.75. The molecule has 0 unspecified atom stereocenters. The van der Waals surface area contributed by atoms with Crippen LogP contribution >= 0.6 is 0 Å². The third-order valence-corrected chi connectivity index (χ3v) is 3.70. The van der Waals surface area contributed by atoms with Gasteiger partial charge < -0.3 is 5.32 Å². The zero-order valence-corrected chi connectivity index (χ0v) is 11.0. The summed E-state index contributed by atoms with van der Waals surface area (Å²) < 4.78 is 13.2. The fourth-order valence-corrected chi connectivity index (χ4v) is 2.09. The van der Waals surface area contributed by atoms with Gasteiger partial charge in [0.25, 0.3) is 0 Å². The molecule has 0 bridgehead atoms.